The van der Waals surface area contributed by atoms with Gasteiger partial charge in [-0.1, -0.05) is 0 Å². The van der Waals surface area contributed by atoms with Crippen LogP contribution in [0.15, 0.2) is 18.2 Å². The third-order valence-electron chi connectivity index (χ3n) is 3.47. The second-order valence-corrected chi connectivity index (χ2v) is 5.02. The number of hydrogen-bond donors (Lipinski definition) is 1. The van der Waals surface area contributed by atoms with Crippen LogP contribution < -0.4 is 0 Å². The quantitative estimate of drug-likeness (QED) is 0.660. The second-order valence-electron chi connectivity index (χ2n) is 5.02. The smallest absolute Gasteiger partial charge is 0.303 e. The molecule has 108 valence electrons. The van der Waals surface area contributed by atoms with Crippen molar-refractivity contribution in [1.82, 2.24) is 4.90 Å². The van der Waals surface area contributed by atoms with Gasteiger partial charge in [-0.15, -0.1) is 0 Å². The van der Waals surface area contributed by atoms with Crippen LogP contribution in [0.1, 0.15) is 18.4 Å². The lowest BCUT2D eigenvalue weighted by atomic mass is 10.1. The molecule has 1 aliphatic heterocycles. The fourth-order valence-corrected chi connectivity index (χ4v) is 2.57. The number of rotatable bonds is 5. The highest BCUT2D eigenvalue weighted by Gasteiger charge is 2.26. The van der Waals surface area contributed by atoms with Gasteiger partial charge >= 0.3 is 5.97 Å². The molecule has 0 aliphatic carbocycles. The van der Waals surface area contributed by atoms with Crippen LogP contribution in [0.25, 0.3) is 0 Å². The number of carboxylic acids is 1. The van der Waals surface area contributed by atoms with E-state index in [1.165, 1.54) is 6.07 Å². The number of halogens is 1. The number of carboxylic acid groups (broad SMARTS) is 1. The molecule has 0 radical (unpaired) electrons. The highest BCUT2D eigenvalue weighted by Crippen LogP contribution is 2.25. The predicted molar refractivity (Wildman–Crippen MR) is 68.7 cm³/mol. The molecule has 20 heavy (non-hydrogen) atoms. The summed E-state index contributed by atoms with van der Waals surface area (Å²) in [4.78, 5) is 23.0. The molecule has 0 saturated carbocycles. The largest absolute Gasteiger partial charge is 0.481 e. The average molecular weight is 282 g/mol. The van der Waals surface area contributed by atoms with Gasteiger partial charge in [-0.25, -0.2) is 4.39 Å². The molecule has 2 rings (SSSR count). The number of nitro benzene ring substituents is 1. The van der Waals surface area contributed by atoms with Crippen molar-refractivity contribution in [2.45, 2.75) is 19.4 Å². The van der Waals surface area contributed by atoms with Crippen LogP contribution in [0.3, 0.4) is 0 Å². The van der Waals surface area contributed by atoms with E-state index in [2.05, 4.69) is 0 Å². The lowest BCUT2D eigenvalue weighted by Crippen LogP contribution is -2.21. The van der Waals surface area contributed by atoms with Gasteiger partial charge in [0.2, 0.25) is 0 Å². The average Bonchev–Trinajstić information content (AvgIpc) is 2.75. The second kappa shape index (κ2) is 5.96. The molecule has 0 spiro atoms. The number of benzene rings is 1. The highest BCUT2D eigenvalue weighted by molar-refractivity contribution is 5.67. The molecule has 1 heterocycles. The molecule has 1 aromatic carbocycles. The summed E-state index contributed by atoms with van der Waals surface area (Å²) in [5, 5.41) is 19.6. The Morgan fingerprint density at radius 3 is 2.95 bits per heavy atom. The lowest BCUT2D eigenvalue weighted by Gasteiger charge is -2.15. The highest BCUT2D eigenvalue weighted by atomic mass is 19.1. The Bertz CT molecular complexity index is 535. The normalized spacial score (nSPS) is 19.1. The molecular weight excluding hydrogens is 267 g/mol. The maximum absolute atomic E-state index is 13.2. The van der Waals surface area contributed by atoms with Crippen molar-refractivity contribution < 1.29 is 19.2 Å². The van der Waals surface area contributed by atoms with Crippen molar-refractivity contribution in [3.05, 3.63) is 39.7 Å². The van der Waals surface area contributed by atoms with E-state index in [0.717, 1.165) is 18.6 Å². The Hall–Kier alpha value is -2.02. The van der Waals surface area contributed by atoms with Crippen molar-refractivity contribution in [1.29, 1.82) is 0 Å². The van der Waals surface area contributed by atoms with E-state index < -0.39 is 16.7 Å². The van der Waals surface area contributed by atoms with Crippen LogP contribution in [0.4, 0.5) is 10.1 Å². The van der Waals surface area contributed by atoms with E-state index in [4.69, 9.17) is 5.11 Å². The first-order chi connectivity index (χ1) is 9.45. The maximum atomic E-state index is 13.2. The summed E-state index contributed by atoms with van der Waals surface area (Å²) < 4.78 is 13.2. The first-order valence-corrected chi connectivity index (χ1v) is 6.32. The standard InChI is InChI=1S/C13H15FN2O4/c14-11-1-2-12(16(19)20)10(6-11)8-15-4-3-9(7-15)5-13(17)18/h1-2,6,9H,3-5,7-8H2,(H,17,18). The number of hydrogen-bond acceptors (Lipinski definition) is 4. The molecular formula is C13H15FN2O4. The topological polar surface area (TPSA) is 83.7 Å². The minimum Gasteiger partial charge on any atom is -0.481 e. The molecule has 1 aromatic rings. The Morgan fingerprint density at radius 2 is 2.30 bits per heavy atom. The Labute approximate surface area is 115 Å². The zero-order valence-electron chi connectivity index (χ0n) is 10.8. The zero-order valence-corrected chi connectivity index (χ0v) is 10.8. The van der Waals surface area contributed by atoms with Gasteiger partial charge in [0.05, 0.1) is 4.92 Å². The molecule has 7 heteroatoms. The Kier molecular flexibility index (Phi) is 4.29. The van der Waals surface area contributed by atoms with Crippen LogP contribution in [0.5, 0.6) is 0 Å². The van der Waals surface area contributed by atoms with E-state index in [1.54, 1.807) is 0 Å². The molecule has 0 bridgehead atoms. The van der Waals surface area contributed by atoms with Crippen LogP contribution in [0, 0.1) is 21.8 Å². The zero-order chi connectivity index (χ0) is 14.7. The van der Waals surface area contributed by atoms with Crippen LogP contribution in [-0.4, -0.2) is 34.0 Å². The van der Waals surface area contributed by atoms with Gasteiger partial charge in [-0.3, -0.25) is 19.8 Å². The van der Waals surface area contributed by atoms with Crippen molar-refractivity contribution >= 4 is 11.7 Å². The summed E-state index contributed by atoms with van der Waals surface area (Å²) in [6.45, 7) is 1.51. The van der Waals surface area contributed by atoms with E-state index in [1.807, 2.05) is 4.90 Å². The van der Waals surface area contributed by atoms with E-state index in [-0.39, 0.29) is 24.6 Å². The number of aliphatic carboxylic acids is 1. The Balaban J connectivity index is 2.05. The fourth-order valence-electron chi connectivity index (χ4n) is 2.57. The first kappa shape index (κ1) is 14.4. The van der Waals surface area contributed by atoms with Gasteiger partial charge in [-0.05, 0) is 31.0 Å². The summed E-state index contributed by atoms with van der Waals surface area (Å²) in [5.74, 6) is -1.29. The van der Waals surface area contributed by atoms with Crippen molar-refractivity contribution in [2.75, 3.05) is 13.1 Å². The van der Waals surface area contributed by atoms with Crippen LogP contribution in [0.2, 0.25) is 0 Å². The SMILES string of the molecule is O=C(O)CC1CCN(Cc2cc(F)ccc2[N+](=O)[O-])C1. The number of nitro groups is 1. The summed E-state index contributed by atoms with van der Waals surface area (Å²) in [6.07, 6.45) is 0.844. The molecule has 1 unspecified atom stereocenters. The predicted octanol–water partition coefficient (Wildman–Crippen LogP) is 2.03. The van der Waals surface area contributed by atoms with Gasteiger partial charge in [0, 0.05) is 31.1 Å². The molecule has 1 aliphatic rings. The van der Waals surface area contributed by atoms with Crippen molar-refractivity contribution in [3.63, 3.8) is 0 Å². The molecule has 1 atom stereocenters. The molecule has 0 aromatic heterocycles. The first-order valence-electron chi connectivity index (χ1n) is 6.32. The molecule has 0 amide bonds. The van der Waals surface area contributed by atoms with E-state index in [9.17, 15) is 19.3 Å². The lowest BCUT2D eigenvalue weighted by molar-refractivity contribution is -0.385. The molecule has 1 fully saturated rings. The van der Waals surface area contributed by atoms with Gasteiger partial charge in [0.25, 0.3) is 5.69 Å². The minimum atomic E-state index is -0.839. The molecule has 1 N–H and O–H groups in total. The van der Waals surface area contributed by atoms with Gasteiger partial charge < -0.3 is 5.11 Å². The molecule has 1 saturated heterocycles. The van der Waals surface area contributed by atoms with Crippen molar-refractivity contribution in [3.8, 4) is 0 Å². The van der Waals surface area contributed by atoms with E-state index in [0.29, 0.717) is 18.7 Å². The Morgan fingerprint density at radius 1 is 1.55 bits per heavy atom. The van der Waals surface area contributed by atoms with Crippen LogP contribution >= 0.6 is 0 Å². The minimum absolute atomic E-state index is 0.0557. The number of likely N-dealkylation sites (tertiary alicyclic amines) is 1. The van der Waals surface area contributed by atoms with Crippen molar-refractivity contribution in [2.24, 2.45) is 5.92 Å². The number of carbonyl (C=O) groups is 1. The summed E-state index contributed by atoms with van der Waals surface area (Å²) in [5.41, 5.74) is 0.221. The third-order valence-corrected chi connectivity index (χ3v) is 3.47. The third kappa shape index (κ3) is 3.51. The van der Waals surface area contributed by atoms with Gasteiger partial charge in [0.1, 0.15) is 5.82 Å². The summed E-state index contributed by atoms with van der Waals surface area (Å²) in [6, 6.07) is 3.40. The van der Waals surface area contributed by atoms with Gasteiger partial charge in [0.15, 0.2) is 0 Å². The summed E-state index contributed by atoms with van der Waals surface area (Å²) >= 11 is 0. The monoisotopic (exact) mass is 282 g/mol. The number of nitrogens with zero attached hydrogens (tertiary/aromatic N) is 2. The van der Waals surface area contributed by atoms with Crippen LogP contribution in [-0.2, 0) is 11.3 Å². The fraction of sp³-hybridized carbons (Fsp3) is 0.462. The van der Waals surface area contributed by atoms with Gasteiger partial charge in [-0.2, -0.15) is 0 Å². The summed E-state index contributed by atoms with van der Waals surface area (Å²) in [7, 11) is 0. The van der Waals surface area contributed by atoms with E-state index >= 15 is 0 Å². The maximum Gasteiger partial charge on any atom is 0.303 e. The molecule has 6 nitrogen and oxygen atoms in total.